The molecule has 1 aromatic rings. The average Bonchev–Trinajstić information content (AvgIpc) is 2.29. The Morgan fingerprint density at radius 3 is 2.75 bits per heavy atom. The molecule has 0 saturated heterocycles. The quantitative estimate of drug-likeness (QED) is 0.720. The third-order valence-electron chi connectivity index (χ3n) is 2.38. The molecule has 0 aromatic carbocycles. The minimum atomic E-state index is -0.614. The van der Waals surface area contributed by atoms with E-state index in [1.165, 1.54) is 12.1 Å². The molecule has 0 aliphatic heterocycles. The van der Waals surface area contributed by atoms with Gasteiger partial charge in [0, 0.05) is 13.1 Å². The molecule has 88 valence electrons. The predicted molar refractivity (Wildman–Crippen MR) is 60.7 cm³/mol. The van der Waals surface area contributed by atoms with Crippen molar-refractivity contribution < 1.29 is 9.18 Å². The molecule has 0 aliphatic rings. The maximum atomic E-state index is 12.9. The smallest absolute Gasteiger partial charge is 0.272 e. The number of amides is 1. The molecule has 0 aliphatic carbocycles. The van der Waals surface area contributed by atoms with E-state index in [4.69, 9.17) is 0 Å². The van der Waals surface area contributed by atoms with Gasteiger partial charge in [0.1, 0.15) is 5.69 Å². The van der Waals surface area contributed by atoms with Crippen molar-refractivity contribution in [3.8, 4) is 0 Å². The van der Waals surface area contributed by atoms with Gasteiger partial charge < -0.3 is 4.90 Å². The summed E-state index contributed by atoms with van der Waals surface area (Å²) in [5.74, 6) is -0.812. The zero-order valence-electron chi connectivity index (χ0n) is 9.74. The van der Waals surface area contributed by atoms with Crippen LogP contribution in [-0.4, -0.2) is 28.9 Å². The standard InChI is InChI=1S/C12H17FN2O/c1-3-5-9-15(4-2)12(16)10-7-6-8-11(13)14-10/h6-8H,3-5,9H2,1-2H3. The molecule has 0 spiro atoms. The van der Waals surface area contributed by atoms with E-state index < -0.39 is 5.95 Å². The Morgan fingerprint density at radius 2 is 2.19 bits per heavy atom. The minimum absolute atomic E-state index is 0.179. The summed E-state index contributed by atoms with van der Waals surface area (Å²) in [6.07, 6.45) is 1.98. The van der Waals surface area contributed by atoms with Crippen LogP contribution in [0.3, 0.4) is 0 Å². The van der Waals surface area contributed by atoms with E-state index in [1.54, 1.807) is 11.0 Å². The van der Waals surface area contributed by atoms with Crippen molar-refractivity contribution in [2.24, 2.45) is 0 Å². The Hall–Kier alpha value is -1.45. The molecule has 0 saturated carbocycles. The maximum absolute atomic E-state index is 12.9. The molecule has 1 aromatic heterocycles. The number of hydrogen-bond donors (Lipinski definition) is 0. The summed E-state index contributed by atoms with van der Waals surface area (Å²) < 4.78 is 12.9. The van der Waals surface area contributed by atoms with Crippen LogP contribution in [0.4, 0.5) is 4.39 Å². The number of carbonyl (C=O) groups is 1. The lowest BCUT2D eigenvalue weighted by atomic mass is 10.2. The number of pyridine rings is 1. The van der Waals surface area contributed by atoms with Gasteiger partial charge in [-0.2, -0.15) is 4.39 Å². The molecule has 0 bridgehead atoms. The SMILES string of the molecule is CCCCN(CC)C(=O)c1cccc(F)n1. The number of nitrogens with zero attached hydrogens (tertiary/aromatic N) is 2. The lowest BCUT2D eigenvalue weighted by Gasteiger charge is -2.19. The van der Waals surface area contributed by atoms with Crippen LogP contribution in [0.25, 0.3) is 0 Å². The van der Waals surface area contributed by atoms with Gasteiger partial charge in [-0.05, 0) is 25.5 Å². The summed E-state index contributed by atoms with van der Waals surface area (Å²) in [5.41, 5.74) is 0.179. The van der Waals surface area contributed by atoms with Gasteiger partial charge in [0.05, 0.1) is 0 Å². The van der Waals surface area contributed by atoms with Crippen LogP contribution in [0.1, 0.15) is 37.2 Å². The van der Waals surface area contributed by atoms with Crippen molar-refractivity contribution in [3.63, 3.8) is 0 Å². The molecule has 0 atom stereocenters. The van der Waals surface area contributed by atoms with Gasteiger partial charge >= 0.3 is 0 Å². The molecule has 3 nitrogen and oxygen atoms in total. The highest BCUT2D eigenvalue weighted by atomic mass is 19.1. The van der Waals surface area contributed by atoms with E-state index in [9.17, 15) is 9.18 Å². The lowest BCUT2D eigenvalue weighted by Crippen LogP contribution is -2.32. The topological polar surface area (TPSA) is 33.2 Å². The number of unbranched alkanes of at least 4 members (excludes halogenated alkanes) is 1. The lowest BCUT2D eigenvalue weighted by molar-refractivity contribution is 0.0755. The second kappa shape index (κ2) is 6.20. The van der Waals surface area contributed by atoms with Crippen LogP contribution in [0.2, 0.25) is 0 Å². The molecular weight excluding hydrogens is 207 g/mol. The van der Waals surface area contributed by atoms with Crippen molar-refractivity contribution in [2.75, 3.05) is 13.1 Å². The maximum Gasteiger partial charge on any atom is 0.272 e. The third kappa shape index (κ3) is 3.29. The molecule has 1 rings (SSSR count). The van der Waals surface area contributed by atoms with Gasteiger partial charge in [-0.3, -0.25) is 4.79 Å². The fourth-order valence-electron chi connectivity index (χ4n) is 1.44. The van der Waals surface area contributed by atoms with Crippen LogP contribution >= 0.6 is 0 Å². The first-order chi connectivity index (χ1) is 7.69. The molecule has 0 radical (unpaired) electrons. The molecule has 16 heavy (non-hydrogen) atoms. The molecule has 1 heterocycles. The minimum Gasteiger partial charge on any atom is -0.338 e. The second-order valence-corrected chi connectivity index (χ2v) is 3.58. The zero-order chi connectivity index (χ0) is 12.0. The van der Waals surface area contributed by atoms with Crippen molar-refractivity contribution >= 4 is 5.91 Å². The number of rotatable bonds is 5. The fraction of sp³-hybridized carbons (Fsp3) is 0.500. The van der Waals surface area contributed by atoms with Crippen LogP contribution in [-0.2, 0) is 0 Å². The van der Waals surface area contributed by atoms with E-state index in [-0.39, 0.29) is 11.6 Å². The first-order valence-electron chi connectivity index (χ1n) is 5.60. The Bertz CT molecular complexity index is 355. The monoisotopic (exact) mass is 224 g/mol. The van der Waals surface area contributed by atoms with Crippen molar-refractivity contribution in [3.05, 3.63) is 29.8 Å². The van der Waals surface area contributed by atoms with E-state index in [0.29, 0.717) is 13.1 Å². The first kappa shape index (κ1) is 12.6. The third-order valence-corrected chi connectivity index (χ3v) is 2.38. The van der Waals surface area contributed by atoms with Crippen molar-refractivity contribution in [1.29, 1.82) is 0 Å². The normalized spacial score (nSPS) is 10.2. The molecule has 0 N–H and O–H groups in total. The van der Waals surface area contributed by atoms with Crippen LogP contribution < -0.4 is 0 Å². The van der Waals surface area contributed by atoms with Crippen LogP contribution in [0.15, 0.2) is 18.2 Å². The molecule has 4 heteroatoms. The summed E-state index contributed by atoms with van der Waals surface area (Å²) in [4.78, 5) is 17.2. The van der Waals surface area contributed by atoms with E-state index in [0.717, 1.165) is 12.8 Å². The highest BCUT2D eigenvalue weighted by molar-refractivity contribution is 5.92. The van der Waals surface area contributed by atoms with Gasteiger partial charge in [-0.1, -0.05) is 19.4 Å². The number of halogens is 1. The van der Waals surface area contributed by atoms with Gasteiger partial charge in [-0.25, -0.2) is 4.98 Å². The summed E-state index contributed by atoms with van der Waals surface area (Å²) >= 11 is 0. The Labute approximate surface area is 95.3 Å². The van der Waals surface area contributed by atoms with Gasteiger partial charge in [-0.15, -0.1) is 0 Å². The van der Waals surface area contributed by atoms with Gasteiger partial charge in [0.15, 0.2) is 0 Å². The Kier molecular flexibility index (Phi) is 4.89. The van der Waals surface area contributed by atoms with Crippen LogP contribution in [0, 0.1) is 5.95 Å². The van der Waals surface area contributed by atoms with E-state index >= 15 is 0 Å². The largest absolute Gasteiger partial charge is 0.338 e. The van der Waals surface area contributed by atoms with Gasteiger partial charge in [0.25, 0.3) is 5.91 Å². The number of aromatic nitrogens is 1. The predicted octanol–water partition coefficient (Wildman–Crippen LogP) is 2.48. The first-order valence-corrected chi connectivity index (χ1v) is 5.60. The van der Waals surface area contributed by atoms with E-state index in [2.05, 4.69) is 11.9 Å². The van der Waals surface area contributed by atoms with E-state index in [1.807, 2.05) is 6.92 Å². The van der Waals surface area contributed by atoms with Crippen LogP contribution in [0.5, 0.6) is 0 Å². The highest BCUT2D eigenvalue weighted by Gasteiger charge is 2.15. The second-order valence-electron chi connectivity index (χ2n) is 3.58. The summed E-state index contributed by atoms with van der Waals surface area (Å²) in [7, 11) is 0. The molecular formula is C12H17FN2O. The number of carbonyl (C=O) groups excluding carboxylic acids is 1. The van der Waals surface area contributed by atoms with Crippen molar-refractivity contribution in [1.82, 2.24) is 9.88 Å². The average molecular weight is 224 g/mol. The van der Waals surface area contributed by atoms with Crippen molar-refractivity contribution in [2.45, 2.75) is 26.7 Å². The molecule has 0 fully saturated rings. The molecule has 1 amide bonds. The summed E-state index contributed by atoms with van der Waals surface area (Å²) in [6.45, 7) is 5.30. The Morgan fingerprint density at radius 1 is 1.44 bits per heavy atom. The summed E-state index contributed by atoms with van der Waals surface area (Å²) in [5, 5.41) is 0. The zero-order valence-corrected chi connectivity index (χ0v) is 9.74. The molecule has 0 unspecified atom stereocenters. The summed E-state index contributed by atoms with van der Waals surface area (Å²) in [6, 6.07) is 4.28. The fourth-order valence-corrected chi connectivity index (χ4v) is 1.44. The van der Waals surface area contributed by atoms with Gasteiger partial charge in [0.2, 0.25) is 5.95 Å². The number of hydrogen-bond acceptors (Lipinski definition) is 2. The highest BCUT2D eigenvalue weighted by Crippen LogP contribution is 2.04. The Balaban J connectivity index is 2.74.